The standard InChI is InChI=1S/C8H11N3O4/c1-3-5-6(11(14)15)7(8(12)13)10(4-2)9-5/h3-4H2,1-2H3,(H,12,13). The molecular formula is C8H11N3O4. The average molecular weight is 213 g/mol. The first-order valence-electron chi connectivity index (χ1n) is 4.50. The molecule has 1 heterocycles. The van der Waals surface area contributed by atoms with E-state index in [0.717, 1.165) is 4.68 Å². The van der Waals surface area contributed by atoms with Crippen LogP contribution in [-0.2, 0) is 13.0 Å². The summed E-state index contributed by atoms with van der Waals surface area (Å²) in [5, 5.41) is 23.5. The van der Waals surface area contributed by atoms with Crippen LogP contribution >= 0.6 is 0 Å². The molecule has 1 N–H and O–H groups in total. The fourth-order valence-electron chi connectivity index (χ4n) is 1.37. The Morgan fingerprint density at radius 3 is 2.53 bits per heavy atom. The van der Waals surface area contributed by atoms with E-state index in [4.69, 9.17) is 5.11 Å². The van der Waals surface area contributed by atoms with Crippen molar-refractivity contribution in [2.24, 2.45) is 0 Å². The van der Waals surface area contributed by atoms with Gasteiger partial charge in [-0.1, -0.05) is 6.92 Å². The van der Waals surface area contributed by atoms with Gasteiger partial charge in [0.15, 0.2) is 0 Å². The number of nitrogens with zero attached hydrogens (tertiary/aromatic N) is 3. The van der Waals surface area contributed by atoms with Crippen molar-refractivity contribution in [2.45, 2.75) is 26.8 Å². The van der Waals surface area contributed by atoms with Crippen LogP contribution in [0.3, 0.4) is 0 Å². The van der Waals surface area contributed by atoms with E-state index < -0.39 is 16.6 Å². The van der Waals surface area contributed by atoms with Gasteiger partial charge in [0.25, 0.3) is 0 Å². The summed E-state index contributed by atoms with van der Waals surface area (Å²) in [6.07, 6.45) is 0.337. The third-order valence-corrected chi connectivity index (χ3v) is 2.02. The predicted octanol–water partition coefficient (Wildman–Crippen LogP) is 1.07. The third kappa shape index (κ3) is 1.80. The fourth-order valence-corrected chi connectivity index (χ4v) is 1.37. The molecule has 7 heteroatoms. The molecule has 0 bridgehead atoms. The average Bonchev–Trinajstić information content (AvgIpc) is 2.55. The summed E-state index contributed by atoms with van der Waals surface area (Å²) in [7, 11) is 0. The molecule has 0 aromatic carbocycles. The Morgan fingerprint density at radius 2 is 2.20 bits per heavy atom. The van der Waals surface area contributed by atoms with Crippen LogP contribution in [0.1, 0.15) is 30.0 Å². The summed E-state index contributed by atoms with van der Waals surface area (Å²) in [6.45, 7) is 3.67. The van der Waals surface area contributed by atoms with Crippen LogP contribution < -0.4 is 0 Å². The van der Waals surface area contributed by atoms with E-state index in [1.807, 2.05) is 0 Å². The molecule has 82 valence electrons. The summed E-state index contributed by atoms with van der Waals surface area (Å²) < 4.78 is 1.14. The number of aromatic nitrogens is 2. The maximum absolute atomic E-state index is 10.9. The highest BCUT2D eigenvalue weighted by Gasteiger charge is 2.30. The SMILES string of the molecule is CCc1nn(CC)c(C(=O)O)c1[N+](=O)[O-]. The molecule has 0 aliphatic carbocycles. The van der Waals surface area contributed by atoms with Gasteiger partial charge in [0.05, 0.1) is 4.92 Å². The summed E-state index contributed by atoms with van der Waals surface area (Å²) in [5.41, 5.74) is -0.537. The fraction of sp³-hybridized carbons (Fsp3) is 0.500. The van der Waals surface area contributed by atoms with Crippen molar-refractivity contribution < 1.29 is 14.8 Å². The van der Waals surface area contributed by atoms with Crippen molar-refractivity contribution in [3.63, 3.8) is 0 Å². The molecule has 15 heavy (non-hydrogen) atoms. The highest BCUT2D eigenvalue weighted by Crippen LogP contribution is 2.23. The van der Waals surface area contributed by atoms with Crippen LogP contribution in [0.25, 0.3) is 0 Å². The molecule has 0 aliphatic heterocycles. The number of carboxylic acids is 1. The number of hydrogen-bond acceptors (Lipinski definition) is 4. The van der Waals surface area contributed by atoms with Crippen molar-refractivity contribution in [2.75, 3.05) is 0 Å². The lowest BCUT2D eigenvalue weighted by Gasteiger charge is -1.97. The first-order chi connectivity index (χ1) is 7.02. The zero-order valence-corrected chi connectivity index (χ0v) is 8.43. The molecule has 0 radical (unpaired) electrons. The molecule has 0 spiro atoms. The topological polar surface area (TPSA) is 98.3 Å². The third-order valence-electron chi connectivity index (χ3n) is 2.02. The van der Waals surface area contributed by atoms with Gasteiger partial charge in [0, 0.05) is 6.54 Å². The first-order valence-corrected chi connectivity index (χ1v) is 4.50. The number of aryl methyl sites for hydroxylation is 2. The van der Waals surface area contributed by atoms with Crippen LogP contribution in [0.15, 0.2) is 0 Å². The molecule has 1 aromatic rings. The number of hydrogen-bond donors (Lipinski definition) is 1. The van der Waals surface area contributed by atoms with Crippen molar-refractivity contribution in [1.29, 1.82) is 0 Å². The van der Waals surface area contributed by atoms with Crippen LogP contribution in [0.2, 0.25) is 0 Å². The van der Waals surface area contributed by atoms with E-state index in [-0.39, 0.29) is 11.4 Å². The van der Waals surface area contributed by atoms with Gasteiger partial charge < -0.3 is 5.11 Å². The van der Waals surface area contributed by atoms with Gasteiger partial charge in [0.1, 0.15) is 5.69 Å². The minimum Gasteiger partial charge on any atom is -0.476 e. The summed E-state index contributed by atoms with van der Waals surface area (Å²) in [5.74, 6) is -1.32. The monoisotopic (exact) mass is 213 g/mol. The Balaban J connectivity index is 3.48. The second-order valence-corrected chi connectivity index (χ2v) is 2.88. The molecule has 0 saturated carbocycles. The molecule has 0 atom stereocenters. The molecule has 0 aliphatic rings. The first kappa shape index (κ1) is 11.2. The van der Waals surface area contributed by atoms with Gasteiger partial charge >= 0.3 is 11.7 Å². The Kier molecular flexibility index (Phi) is 3.03. The minimum atomic E-state index is -1.32. The van der Waals surface area contributed by atoms with E-state index >= 15 is 0 Å². The zero-order valence-electron chi connectivity index (χ0n) is 8.43. The number of aromatic carboxylic acids is 1. The maximum atomic E-state index is 10.9. The Hall–Kier alpha value is -1.92. The van der Waals surface area contributed by atoms with Gasteiger partial charge in [-0.2, -0.15) is 5.10 Å². The van der Waals surface area contributed by atoms with Crippen molar-refractivity contribution in [1.82, 2.24) is 9.78 Å². The highest BCUT2D eigenvalue weighted by molar-refractivity contribution is 5.91. The Bertz CT molecular complexity index is 374. The lowest BCUT2D eigenvalue weighted by molar-refractivity contribution is -0.386. The quantitative estimate of drug-likeness (QED) is 0.595. The zero-order chi connectivity index (χ0) is 11.6. The summed E-state index contributed by atoms with van der Waals surface area (Å²) >= 11 is 0. The molecule has 7 nitrogen and oxygen atoms in total. The molecular weight excluding hydrogens is 202 g/mol. The van der Waals surface area contributed by atoms with Crippen molar-refractivity contribution >= 4 is 11.7 Å². The second-order valence-electron chi connectivity index (χ2n) is 2.88. The van der Waals surface area contributed by atoms with Crippen LogP contribution in [0, 0.1) is 10.1 Å². The second kappa shape index (κ2) is 4.07. The van der Waals surface area contributed by atoms with Gasteiger partial charge in [-0.3, -0.25) is 14.8 Å². The van der Waals surface area contributed by atoms with E-state index in [0.29, 0.717) is 13.0 Å². The smallest absolute Gasteiger partial charge is 0.361 e. The Labute approximate surface area is 85.5 Å². The molecule has 0 unspecified atom stereocenters. The van der Waals surface area contributed by atoms with Crippen LogP contribution in [0.4, 0.5) is 5.69 Å². The minimum absolute atomic E-state index is 0.208. The van der Waals surface area contributed by atoms with E-state index in [1.165, 1.54) is 0 Å². The van der Waals surface area contributed by atoms with E-state index in [2.05, 4.69) is 5.10 Å². The molecule has 1 aromatic heterocycles. The lowest BCUT2D eigenvalue weighted by Crippen LogP contribution is -2.10. The maximum Gasteiger partial charge on any atom is 0.361 e. The van der Waals surface area contributed by atoms with Crippen molar-refractivity contribution in [3.05, 3.63) is 21.5 Å². The van der Waals surface area contributed by atoms with Gasteiger partial charge in [-0.25, -0.2) is 4.79 Å². The van der Waals surface area contributed by atoms with Gasteiger partial charge in [-0.15, -0.1) is 0 Å². The van der Waals surface area contributed by atoms with Crippen molar-refractivity contribution in [3.8, 4) is 0 Å². The molecule has 1 rings (SSSR count). The lowest BCUT2D eigenvalue weighted by atomic mass is 10.2. The summed E-state index contributed by atoms with van der Waals surface area (Å²) in [4.78, 5) is 20.9. The van der Waals surface area contributed by atoms with E-state index in [1.54, 1.807) is 13.8 Å². The number of nitro groups is 1. The number of carboxylic acid groups (broad SMARTS) is 1. The summed E-state index contributed by atoms with van der Waals surface area (Å²) in [6, 6.07) is 0. The predicted molar refractivity (Wildman–Crippen MR) is 50.9 cm³/mol. The number of rotatable bonds is 4. The van der Waals surface area contributed by atoms with Gasteiger partial charge in [-0.05, 0) is 13.3 Å². The highest BCUT2D eigenvalue weighted by atomic mass is 16.6. The van der Waals surface area contributed by atoms with Crippen LogP contribution in [0.5, 0.6) is 0 Å². The van der Waals surface area contributed by atoms with Crippen LogP contribution in [-0.4, -0.2) is 25.8 Å². The molecule has 0 saturated heterocycles. The van der Waals surface area contributed by atoms with E-state index in [9.17, 15) is 14.9 Å². The largest absolute Gasteiger partial charge is 0.476 e. The normalized spacial score (nSPS) is 10.3. The van der Waals surface area contributed by atoms with Gasteiger partial charge in [0.2, 0.25) is 5.69 Å². The molecule has 0 amide bonds. The number of carbonyl (C=O) groups is 1. The molecule has 0 fully saturated rings. The Morgan fingerprint density at radius 1 is 1.60 bits per heavy atom.